The molecule has 2 aromatic rings. The lowest BCUT2D eigenvalue weighted by Crippen LogP contribution is -2.33. The Bertz CT molecular complexity index is 751. The molecule has 2 heterocycles. The largest absolute Gasteiger partial charge is 0.417 e. The predicted molar refractivity (Wildman–Crippen MR) is 92.3 cm³/mol. The van der Waals surface area contributed by atoms with Crippen molar-refractivity contribution in [1.29, 1.82) is 0 Å². The van der Waals surface area contributed by atoms with Crippen LogP contribution in [0.2, 0.25) is 0 Å². The highest BCUT2D eigenvalue weighted by atomic mass is 19.4. The summed E-state index contributed by atoms with van der Waals surface area (Å²) in [5.74, 6) is -0.0704. The average Bonchev–Trinajstić information content (AvgIpc) is 2.99. The Hall–Kier alpha value is -2.38. The van der Waals surface area contributed by atoms with Gasteiger partial charge < -0.3 is 5.32 Å². The highest BCUT2D eigenvalue weighted by molar-refractivity contribution is 5.95. The fraction of sp³-hybridized carbons (Fsp3) is 0.500. The van der Waals surface area contributed by atoms with E-state index in [1.807, 2.05) is 27.7 Å². The number of carbonyl (C=O) groups is 1. The van der Waals surface area contributed by atoms with Gasteiger partial charge in [0.05, 0.1) is 23.0 Å². The number of nitrogens with one attached hydrogen (secondary N) is 1. The molecule has 2 aromatic heterocycles. The first kappa shape index (κ1) is 19.9. The van der Waals surface area contributed by atoms with Crippen molar-refractivity contribution >= 4 is 5.91 Å². The predicted octanol–water partition coefficient (Wildman–Crippen LogP) is 4.33. The van der Waals surface area contributed by atoms with Gasteiger partial charge in [0.25, 0.3) is 5.91 Å². The summed E-state index contributed by atoms with van der Waals surface area (Å²) in [5, 5.41) is 7.11. The summed E-state index contributed by atoms with van der Waals surface area (Å²) >= 11 is 0. The number of aromatic nitrogens is 3. The molecule has 0 saturated heterocycles. The standard InChI is InChI=1S/C18H23F3N4O/c1-5-6-12(4)24-17(26)14-10-23-25(16(14)11(2)3)15-8-7-13(9-22-15)18(19,20)21/h7-12H,5-6H2,1-4H3,(H,24,26). The quantitative estimate of drug-likeness (QED) is 0.826. The minimum absolute atomic E-state index is 0.0278. The van der Waals surface area contributed by atoms with Crippen molar-refractivity contribution < 1.29 is 18.0 Å². The summed E-state index contributed by atoms with van der Waals surface area (Å²) in [7, 11) is 0. The lowest BCUT2D eigenvalue weighted by molar-refractivity contribution is -0.137. The molecule has 1 unspecified atom stereocenters. The Balaban J connectivity index is 2.36. The van der Waals surface area contributed by atoms with E-state index >= 15 is 0 Å². The summed E-state index contributed by atoms with van der Waals surface area (Å²) < 4.78 is 39.5. The van der Waals surface area contributed by atoms with Crippen LogP contribution in [0.3, 0.4) is 0 Å². The minimum atomic E-state index is -4.45. The van der Waals surface area contributed by atoms with Gasteiger partial charge in [-0.15, -0.1) is 0 Å². The van der Waals surface area contributed by atoms with Gasteiger partial charge in [0.1, 0.15) is 0 Å². The topological polar surface area (TPSA) is 59.8 Å². The third kappa shape index (κ3) is 4.42. The number of rotatable bonds is 6. The second-order valence-corrected chi connectivity index (χ2v) is 6.58. The molecular weight excluding hydrogens is 345 g/mol. The molecule has 1 atom stereocenters. The molecule has 26 heavy (non-hydrogen) atoms. The van der Waals surface area contributed by atoms with Gasteiger partial charge in [-0.05, 0) is 31.4 Å². The molecule has 1 amide bonds. The maximum absolute atomic E-state index is 12.7. The molecule has 0 saturated carbocycles. The number of pyridine rings is 1. The van der Waals surface area contributed by atoms with E-state index in [1.165, 1.54) is 16.9 Å². The van der Waals surface area contributed by atoms with Crippen molar-refractivity contribution in [2.75, 3.05) is 0 Å². The number of amides is 1. The number of hydrogen-bond acceptors (Lipinski definition) is 3. The second-order valence-electron chi connectivity index (χ2n) is 6.58. The zero-order valence-electron chi connectivity index (χ0n) is 15.3. The molecule has 0 aliphatic carbocycles. The van der Waals surface area contributed by atoms with Crippen molar-refractivity contribution in [1.82, 2.24) is 20.1 Å². The number of halogens is 3. The summed E-state index contributed by atoms with van der Waals surface area (Å²) in [6.45, 7) is 7.75. The number of nitrogens with zero attached hydrogens (tertiary/aromatic N) is 3. The molecule has 0 spiro atoms. The van der Waals surface area contributed by atoms with Gasteiger partial charge in [0.15, 0.2) is 5.82 Å². The van der Waals surface area contributed by atoms with Gasteiger partial charge in [-0.1, -0.05) is 27.2 Å². The van der Waals surface area contributed by atoms with E-state index in [0.717, 1.165) is 25.1 Å². The number of alkyl halides is 3. The van der Waals surface area contributed by atoms with Crippen molar-refractivity contribution in [2.24, 2.45) is 0 Å². The van der Waals surface area contributed by atoms with Crippen LogP contribution in [0.4, 0.5) is 13.2 Å². The summed E-state index contributed by atoms with van der Waals surface area (Å²) in [5.41, 5.74) is 0.189. The van der Waals surface area contributed by atoms with Gasteiger partial charge in [-0.2, -0.15) is 18.3 Å². The van der Waals surface area contributed by atoms with Crippen LogP contribution >= 0.6 is 0 Å². The lowest BCUT2D eigenvalue weighted by atomic mass is 10.0. The Morgan fingerprint density at radius 2 is 1.92 bits per heavy atom. The van der Waals surface area contributed by atoms with Crippen LogP contribution in [0, 0.1) is 0 Å². The van der Waals surface area contributed by atoms with Crippen molar-refractivity contribution in [2.45, 2.75) is 58.7 Å². The normalized spacial score (nSPS) is 13.1. The molecule has 1 N–H and O–H groups in total. The van der Waals surface area contributed by atoms with E-state index in [-0.39, 0.29) is 23.7 Å². The Morgan fingerprint density at radius 3 is 2.42 bits per heavy atom. The first-order chi connectivity index (χ1) is 12.1. The number of hydrogen-bond donors (Lipinski definition) is 1. The summed E-state index contributed by atoms with van der Waals surface area (Å²) in [6, 6.07) is 2.24. The maximum Gasteiger partial charge on any atom is 0.417 e. The van der Waals surface area contributed by atoms with Gasteiger partial charge in [-0.25, -0.2) is 9.67 Å². The van der Waals surface area contributed by atoms with Gasteiger partial charge >= 0.3 is 6.18 Å². The molecule has 2 rings (SSSR count). The molecule has 0 aromatic carbocycles. The molecule has 0 fully saturated rings. The highest BCUT2D eigenvalue weighted by Gasteiger charge is 2.31. The van der Waals surface area contributed by atoms with Crippen LogP contribution < -0.4 is 5.32 Å². The van der Waals surface area contributed by atoms with Crippen LogP contribution in [0.1, 0.15) is 68.1 Å². The Labute approximate surface area is 150 Å². The molecular formula is C18H23F3N4O. The summed E-state index contributed by atoms with van der Waals surface area (Å²) in [4.78, 5) is 16.4. The van der Waals surface area contributed by atoms with E-state index in [0.29, 0.717) is 11.3 Å². The molecule has 0 bridgehead atoms. The molecule has 8 heteroatoms. The maximum atomic E-state index is 12.7. The second kappa shape index (κ2) is 7.88. The Morgan fingerprint density at radius 1 is 1.23 bits per heavy atom. The third-order valence-electron chi connectivity index (χ3n) is 3.99. The van der Waals surface area contributed by atoms with Crippen LogP contribution in [-0.2, 0) is 6.18 Å². The third-order valence-corrected chi connectivity index (χ3v) is 3.99. The smallest absolute Gasteiger partial charge is 0.349 e. The Kier molecular flexibility index (Phi) is 6.05. The van der Waals surface area contributed by atoms with E-state index < -0.39 is 11.7 Å². The van der Waals surface area contributed by atoms with Crippen molar-refractivity contribution in [3.05, 3.63) is 41.3 Å². The molecule has 5 nitrogen and oxygen atoms in total. The van der Waals surface area contributed by atoms with Gasteiger partial charge in [-0.3, -0.25) is 4.79 Å². The minimum Gasteiger partial charge on any atom is -0.349 e. The van der Waals surface area contributed by atoms with Crippen molar-refractivity contribution in [3.8, 4) is 5.82 Å². The first-order valence-corrected chi connectivity index (χ1v) is 8.57. The van der Waals surface area contributed by atoms with Gasteiger partial charge in [0.2, 0.25) is 0 Å². The van der Waals surface area contributed by atoms with Crippen LogP contribution in [0.5, 0.6) is 0 Å². The van der Waals surface area contributed by atoms with Gasteiger partial charge in [0, 0.05) is 12.2 Å². The van der Waals surface area contributed by atoms with Crippen LogP contribution in [0.15, 0.2) is 24.5 Å². The summed E-state index contributed by atoms with van der Waals surface area (Å²) in [6.07, 6.45) is -0.436. The lowest BCUT2D eigenvalue weighted by Gasteiger charge is -2.15. The highest BCUT2D eigenvalue weighted by Crippen LogP contribution is 2.29. The monoisotopic (exact) mass is 368 g/mol. The van der Waals surface area contributed by atoms with E-state index in [2.05, 4.69) is 15.4 Å². The first-order valence-electron chi connectivity index (χ1n) is 8.57. The SMILES string of the molecule is CCCC(C)NC(=O)c1cnn(-c2ccc(C(F)(F)F)cn2)c1C(C)C. The number of carbonyl (C=O) groups excluding carboxylic acids is 1. The molecule has 0 aliphatic rings. The van der Waals surface area contributed by atoms with Crippen molar-refractivity contribution in [3.63, 3.8) is 0 Å². The zero-order valence-corrected chi connectivity index (χ0v) is 15.3. The molecule has 0 aliphatic heterocycles. The fourth-order valence-electron chi connectivity index (χ4n) is 2.76. The average molecular weight is 368 g/mol. The zero-order chi connectivity index (χ0) is 19.5. The van der Waals surface area contributed by atoms with E-state index in [4.69, 9.17) is 0 Å². The van der Waals surface area contributed by atoms with Crippen LogP contribution in [0.25, 0.3) is 5.82 Å². The van der Waals surface area contributed by atoms with E-state index in [9.17, 15) is 18.0 Å². The van der Waals surface area contributed by atoms with Crippen LogP contribution in [-0.4, -0.2) is 26.7 Å². The molecule has 142 valence electrons. The fourth-order valence-corrected chi connectivity index (χ4v) is 2.76. The van der Waals surface area contributed by atoms with E-state index in [1.54, 1.807) is 0 Å². The molecule has 0 radical (unpaired) electrons.